The van der Waals surface area contributed by atoms with E-state index in [4.69, 9.17) is 4.74 Å². The number of amides is 3. The fraction of sp³-hybridized carbons (Fsp3) is 0.333. The highest BCUT2D eigenvalue weighted by atomic mass is 16.5. The van der Waals surface area contributed by atoms with Crippen molar-refractivity contribution in [3.05, 3.63) is 48.5 Å². The van der Waals surface area contributed by atoms with Gasteiger partial charge in [0.1, 0.15) is 11.8 Å². The first kappa shape index (κ1) is 19.5. The van der Waals surface area contributed by atoms with Gasteiger partial charge in [-0.1, -0.05) is 12.1 Å². The molecule has 0 aromatic heterocycles. The summed E-state index contributed by atoms with van der Waals surface area (Å²) in [6.45, 7) is 4.21. The summed E-state index contributed by atoms with van der Waals surface area (Å²) in [6.07, 6.45) is 2.09. The number of ether oxygens (including phenoxy) is 1. The Morgan fingerprint density at radius 3 is 2.39 bits per heavy atom. The minimum Gasteiger partial charge on any atom is -0.492 e. The Labute approximate surface area is 164 Å². The number of benzene rings is 2. The molecule has 1 fully saturated rings. The molecule has 0 saturated heterocycles. The van der Waals surface area contributed by atoms with Gasteiger partial charge in [-0.2, -0.15) is 0 Å². The second-order valence-electron chi connectivity index (χ2n) is 6.73. The normalized spacial score (nSPS) is 13.9. The molecule has 148 valence electrons. The molecule has 2 aromatic rings. The number of hydrogen-bond acceptors (Lipinski definition) is 4. The predicted molar refractivity (Wildman–Crippen MR) is 111 cm³/mol. The van der Waals surface area contributed by atoms with E-state index in [2.05, 4.69) is 21.3 Å². The van der Waals surface area contributed by atoms with E-state index in [0.29, 0.717) is 29.8 Å². The summed E-state index contributed by atoms with van der Waals surface area (Å²) in [6, 6.07) is 14.3. The van der Waals surface area contributed by atoms with Gasteiger partial charge in [0.25, 0.3) is 0 Å². The van der Waals surface area contributed by atoms with Gasteiger partial charge in [-0.25, -0.2) is 4.79 Å². The summed E-state index contributed by atoms with van der Waals surface area (Å²) in [5, 5.41) is 11.7. The van der Waals surface area contributed by atoms with E-state index in [9.17, 15) is 9.59 Å². The number of nitrogens with one attached hydrogen (secondary N) is 4. The molecule has 7 heteroatoms. The van der Waals surface area contributed by atoms with Crippen LogP contribution in [0.2, 0.25) is 0 Å². The van der Waals surface area contributed by atoms with Crippen LogP contribution in [0.4, 0.5) is 21.9 Å². The second-order valence-corrected chi connectivity index (χ2v) is 6.73. The van der Waals surface area contributed by atoms with Gasteiger partial charge < -0.3 is 26.0 Å². The van der Waals surface area contributed by atoms with Crippen molar-refractivity contribution < 1.29 is 14.3 Å². The van der Waals surface area contributed by atoms with Crippen LogP contribution >= 0.6 is 0 Å². The molecular formula is C21H26N4O3. The molecule has 1 unspecified atom stereocenters. The molecule has 1 aliphatic carbocycles. The van der Waals surface area contributed by atoms with Crippen molar-refractivity contribution in [3.63, 3.8) is 0 Å². The molecule has 0 heterocycles. The number of rotatable bonds is 8. The van der Waals surface area contributed by atoms with Gasteiger partial charge >= 0.3 is 6.03 Å². The third-order valence-corrected chi connectivity index (χ3v) is 4.28. The Balaban J connectivity index is 1.52. The molecule has 1 atom stereocenters. The zero-order valence-corrected chi connectivity index (χ0v) is 16.1. The maximum atomic E-state index is 12.5. The summed E-state index contributed by atoms with van der Waals surface area (Å²) < 4.78 is 5.53. The zero-order chi connectivity index (χ0) is 19.9. The van der Waals surface area contributed by atoms with Crippen molar-refractivity contribution in [2.45, 2.75) is 38.8 Å². The van der Waals surface area contributed by atoms with Crippen LogP contribution in [-0.2, 0) is 4.79 Å². The lowest BCUT2D eigenvalue weighted by Crippen LogP contribution is -2.32. The van der Waals surface area contributed by atoms with Gasteiger partial charge in [-0.15, -0.1) is 0 Å². The zero-order valence-electron chi connectivity index (χ0n) is 16.1. The topological polar surface area (TPSA) is 91.5 Å². The van der Waals surface area contributed by atoms with Crippen molar-refractivity contribution in [1.29, 1.82) is 0 Å². The molecule has 2 aromatic carbocycles. The molecule has 28 heavy (non-hydrogen) atoms. The molecule has 0 aliphatic heterocycles. The van der Waals surface area contributed by atoms with Crippen LogP contribution in [0.1, 0.15) is 26.7 Å². The summed E-state index contributed by atoms with van der Waals surface area (Å²) in [4.78, 5) is 24.3. The Morgan fingerprint density at radius 1 is 1.04 bits per heavy atom. The van der Waals surface area contributed by atoms with Crippen LogP contribution in [0.5, 0.6) is 5.75 Å². The maximum absolute atomic E-state index is 12.5. The second kappa shape index (κ2) is 9.12. The number of hydrogen-bond donors (Lipinski definition) is 4. The van der Waals surface area contributed by atoms with Crippen molar-refractivity contribution in [3.8, 4) is 5.75 Å². The lowest BCUT2D eigenvalue weighted by molar-refractivity contribution is -0.116. The van der Waals surface area contributed by atoms with Gasteiger partial charge in [-0.05, 0) is 63.1 Å². The standard InChI is InChI=1S/C21H26N4O3/c1-3-28-19-7-5-4-6-18(19)25-20(26)14(2)22-15-8-10-16(11-9-15)23-21(27)24-17-12-13-17/h4-11,14,17,22H,3,12-13H2,1-2H3,(H,25,26)(H2,23,24,27). The summed E-state index contributed by atoms with van der Waals surface area (Å²) in [5.41, 5.74) is 2.13. The van der Waals surface area contributed by atoms with Crippen molar-refractivity contribution in [2.75, 3.05) is 22.6 Å². The highest BCUT2D eigenvalue weighted by Crippen LogP contribution is 2.24. The summed E-state index contributed by atoms with van der Waals surface area (Å²) >= 11 is 0. The monoisotopic (exact) mass is 382 g/mol. The number of anilines is 3. The van der Waals surface area contributed by atoms with Crippen LogP contribution in [0.15, 0.2) is 48.5 Å². The molecule has 0 radical (unpaired) electrons. The van der Waals surface area contributed by atoms with Crippen molar-refractivity contribution in [2.24, 2.45) is 0 Å². The molecule has 0 bridgehead atoms. The van der Waals surface area contributed by atoms with Gasteiger partial charge in [0.05, 0.1) is 12.3 Å². The molecule has 4 N–H and O–H groups in total. The average Bonchev–Trinajstić information content (AvgIpc) is 3.49. The SMILES string of the molecule is CCOc1ccccc1NC(=O)C(C)Nc1ccc(NC(=O)NC2CC2)cc1. The van der Waals surface area contributed by atoms with Gasteiger partial charge in [-0.3, -0.25) is 4.79 Å². The quantitative estimate of drug-likeness (QED) is 0.559. The van der Waals surface area contributed by atoms with E-state index >= 15 is 0 Å². The first-order valence-electron chi connectivity index (χ1n) is 9.52. The number of urea groups is 1. The molecule has 3 rings (SSSR count). The molecule has 1 aliphatic rings. The minimum absolute atomic E-state index is 0.168. The van der Waals surface area contributed by atoms with E-state index in [-0.39, 0.29) is 11.9 Å². The van der Waals surface area contributed by atoms with E-state index in [0.717, 1.165) is 18.5 Å². The average molecular weight is 382 g/mol. The predicted octanol–water partition coefficient (Wildman–Crippen LogP) is 3.81. The van der Waals surface area contributed by atoms with Crippen LogP contribution in [0.25, 0.3) is 0 Å². The first-order valence-corrected chi connectivity index (χ1v) is 9.52. The van der Waals surface area contributed by atoms with Crippen LogP contribution in [0, 0.1) is 0 Å². The van der Waals surface area contributed by atoms with E-state index in [1.165, 1.54) is 0 Å². The number of carbonyl (C=O) groups excluding carboxylic acids is 2. The smallest absolute Gasteiger partial charge is 0.319 e. The molecule has 3 amide bonds. The van der Waals surface area contributed by atoms with Crippen LogP contribution in [0.3, 0.4) is 0 Å². The highest BCUT2D eigenvalue weighted by molar-refractivity contribution is 5.97. The van der Waals surface area contributed by atoms with E-state index in [1.54, 1.807) is 19.1 Å². The molecule has 7 nitrogen and oxygen atoms in total. The molecular weight excluding hydrogens is 356 g/mol. The first-order chi connectivity index (χ1) is 13.5. The molecule has 0 spiro atoms. The Morgan fingerprint density at radius 2 is 1.71 bits per heavy atom. The lowest BCUT2D eigenvalue weighted by atomic mass is 10.2. The Bertz CT molecular complexity index is 819. The maximum Gasteiger partial charge on any atom is 0.319 e. The number of para-hydroxylation sites is 2. The largest absolute Gasteiger partial charge is 0.492 e. The molecule has 1 saturated carbocycles. The fourth-order valence-electron chi connectivity index (χ4n) is 2.64. The summed E-state index contributed by atoms with van der Waals surface area (Å²) in [7, 11) is 0. The lowest BCUT2D eigenvalue weighted by Gasteiger charge is -2.17. The summed E-state index contributed by atoms with van der Waals surface area (Å²) in [5.74, 6) is 0.476. The van der Waals surface area contributed by atoms with Crippen molar-refractivity contribution in [1.82, 2.24) is 5.32 Å². The minimum atomic E-state index is -0.452. The van der Waals surface area contributed by atoms with Crippen LogP contribution < -0.4 is 26.0 Å². The highest BCUT2D eigenvalue weighted by Gasteiger charge is 2.23. The Hall–Kier alpha value is -3.22. The van der Waals surface area contributed by atoms with Crippen molar-refractivity contribution >= 4 is 29.0 Å². The third kappa shape index (κ3) is 5.64. The van der Waals surface area contributed by atoms with E-state index < -0.39 is 6.04 Å². The fourth-order valence-corrected chi connectivity index (χ4v) is 2.64. The number of carbonyl (C=O) groups is 2. The van der Waals surface area contributed by atoms with Gasteiger partial charge in [0, 0.05) is 17.4 Å². The van der Waals surface area contributed by atoms with E-state index in [1.807, 2.05) is 43.3 Å². The third-order valence-electron chi connectivity index (χ3n) is 4.28. The van der Waals surface area contributed by atoms with Gasteiger partial charge in [0.15, 0.2) is 0 Å². The van der Waals surface area contributed by atoms with Crippen LogP contribution in [-0.4, -0.2) is 30.6 Å². The van der Waals surface area contributed by atoms with Gasteiger partial charge in [0.2, 0.25) is 5.91 Å². The Kier molecular flexibility index (Phi) is 6.37.